The van der Waals surface area contributed by atoms with Crippen molar-refractivity contribution in [1.29, 1.82) is 0 Å². The first-order chi connectivity index (χ1) is 13.1. The monoisotopic (exact) mass is 371 g/mol. The molecule has 0 N–H and O–H groups in total. The molecule has 1 amide bonds. The maximum absolute atomic E-state index is 13.7. The van der Waals surface area contributed by atoms with Crippen molar-refractivity contribution in [2.75, 3.05) is 33.3 Å². The summed E-state index contributed by atoms with van der Waals surface area (Å²) in [5.74, 6) is 0.00764. The molecule has 0 aromatic carbocycles. The number of rotatable bonds is 4. The number of aromatic nitrogens is 3. The van der Waals surface area contributed by atoms with E-state index in [1.165, 1.54) is 12.3 Å². The highest BCUT2D eigenvalue weighted by atomic mass is 19.1. The molecular formula is C19H22FN5O2. The van der Waals surface area contributed by atoms with Crippen molar-refractivity contribution in [1.82, 2.24) is 24.8 Å². The van der Waals surface area contributed by atoms with Gasteiger partial charge in [-0.15, -0.1) is 0 Å². The summed E-state index contributed by atoms with van der Waals surface area (Å²) in [4.78, 5) is 28.6. The number of halogens is 1. The van der Waals surface area contributed by atoms with Crippen LogP contribution in [0.5, 0.6) is 5.88 Å². The van der Waals surface area contributed by atoms with Gasteiger partial charge in [-0.3, -0.25) is 9.69 Å². The van der Waals surface area contributed by atoms with Crippen molar-refractivity contribution in [2.24, 2.45) is 5.92 Å². The van der Waals surface area contributed by atoms with Crippen LogP contribution in [-0.4, -0.2) is 69.5 Å². The molecule has 2 aliphatic heterocycles. The van der Waals surface area contributed by atoms with Crippen LogP contribution >= 0.6 is 0 Å². The molecule has 4 rings (SSSR count). The molecule has 0 radical (unpaired) electrons. The van der Waals surface area contributed by atoms with E-state index in [1.54, 1.807) is 29.4 Å². The van der Waals surface area contributed by atoms with Gasteiger partial charge < -0.3 is 9.64 Å². The van der Waals surface area contributed by atoms with Gasteiger partial charge in [0.2, 0.25) is 11.7 Å². The quantitative estimate of drug-likeness (QED) is 0.814. The Labute approximate surface area is 157 Å². The van der Waals surface area contributed by atoms with Gasteiger partial charge in [0.1, 0.15) is 0 Å². The number of likely N-dealkylation sites (tertiary alicyclic amines) is 2. The molecule has 2 saturated heterocycles. The fraction of sp³-hybridized carbons (Fsp3) is 0.474. The molecule has 2 aromatic heterocycles. The van der Waals surface area contributed by atoms with Gasteiger partial charge in [-0.25, -0.2) is 19.3 Å². The van der Waals surface area contributed by atoms with Crippen LogP contribution in [0.3, 0.4) is 0 Å². The molecule has 4 heterocycles. The number of piperidine rings is 1. The van der Waals surface area contributed by atoms with Gasteiger partial charge >= 0.3 is 0 Å². The van der Waals surface area contributed by atoms with Crippen molar-refractivity contribution in [2.45, 2.75) is 18.4 Å². The second-order valence-electron chi connectivity index (χ2n) is 7.34. The molecule has 8 heteroatoms. The number of carbonyl (C=O) groups is 1. The van der Waals surface area contributed by atoms with Crippen molar-refractivity contribution < 1.29 is 13.9 Å². The summed E-state index contributed by atoms with van der Waals surface area (Å²) in [6.45, 7) is 2.64. The van der Waals surface area contributed by atoms with Gasteiger partial charge in [0.05, 0.1) is 12.1 Å². The van der Waals surface area contributed by atoms with E-state index in [2.05, 4.69) is 26.9 Å². The Morgan fingerprint density at radius 2 is 2.00 bits per heavy atom. The van der Waals surface area contributed by atoms with E-state index in [-0.39, 0.29) is 23.2 Å². The zero-order valence-electron chi connectivity index (χ0n) is 15.2. The minimum absolute atomic E-state index is 0.0529. The van der Waals surface area contributed by atoms with E-state index in [0.717, 1.165) is 19.4 Å². The largest absolute Gasteiger partial charge is 0.475 e. The number of carbonyl (C=O) groups excluding carboxylic acids is 1. The van der Waals surface area contributed by atoms with Crippen LogP contribution in [0.4, 0.5) is 4.39 Å². The first-order valence-electron chi connectivity index (χ1n) is 9.08. The van der Waals surface area contributed by atoms with Gasteiger partial charge in [0, 0.05) is 31.7 Å². The zero-order valence-corrected chi connectivity index (χ0v) is 15.2. The van der Waals surface area contributed by atoms with Crippen LogP contribution < -0.4 is 4.74 Å². The lowest BCUT2D eigenvalue weighted by Crippen LogP contribution is -2.72. The third kappa shape index (κ3) is 3.49. The highest BCUT2D eigenvalue weighted by molar-refractivity contribution is 5.91. The van der Waals surface area contributed by atoms with Crippen LogP contribution in [0.15, 0.2) is 36.8 Å². The fourth-order valence-corrected chi connectivity index (χ4v) is 3.95. The Hall–Kier alpha value is -2.61. The highest BCUT2D eigenvalue weighted by Crippen LogP contribution is 2.38. The van der Waals surface area contributed by atoms with Crippen LogP contribution in [-0.2, 0) is 0 Å². The molecular weight excluding hydrogens is 349 g/mol. The number of amides is 1. The van der Waals surface area contributed by atoms with Gasteiger partial charge in [0.15, 0.2) is 5.82 Å². The number of hydrogen-bond acceptors (Lipinski definition) is 6. The summed E-state index contributed by atoms with van der Waals surface area (Å²) in [6.07, 6.45) is 6.55. The van der Waals surface area contributed by atoms with E-state index >= 15 is 0 Å². The van der Waals surface area contributed by atoms with E-state index < -0.39 is 5.82 Å². The Morgan fingerprint density at radius 3 is 2.74 bits per heavy atom. The smallest absolute Gasteiger partial charge is 0.291 e. The maximum Gasteiger partial charge on any atom is 0.291 e. The van der Waals surface area contributed by atoms with E-state index in [4.69, 9.17) is 4.74 Å². The number of pyridine rings is 1. The average Bonchev–Trinajstić information content (AvgIpc) is 2.67. The first kappa shape index (κ1) is 17.8. The molecule has 142 valence electrons. The standard InChI is InChI=1S/C19H22FN5O2/c1-24-9-5-14(11-27-17-15(20)4-2-6-23-17)10-19(24)12-25(13-19)18(26)16-21-7-3-8-22-16/h2-4,6-8,14H,5,9-13H2,1H3/t14-/m0/s1. The Morgan fingerprint density at radius 1 is 1.26 bits per heavy atom. The number of hydrogen-bond donors (Lipinski definition) is 0. The molecule has 2 aromatic rings. The van der Waals surface area contributed by atoms with Crippen LogP contribution in [0.25, 0.3) is 0 Å². The van der Waals surface area contributed by atoms with Crippen LogP contribution in [0, 0.1) is 11.7 Å². The number of ether oxygens (including phenoxy) is 1. The van der Waals surface area contributed by atoms with Gasteiger partial charge in [-0.05, 0) is 50.6 Å². The van der Waals surface area contributed by atoms with Gasteiger partial charge in [-0.2, -0.15) is 0 Å². The molecule has 27 heavy (non-hydrogen) atoms. The summed E-state index contributed by atoms with van der Waals surface area (Å²) in [5.41, 5.74) is -0.0562. The molecule has 2 fully saturated rings. The molecule has 1 spiro atoms. The number of nitrogens with zero attached hydrogens (tertiary/aromatic N) is 5. The lowest BCUT2D eigenvalue weighted by molar-refractivity contribution is -0.0700. The second-order valence-corrected chi connectivity index (χ2v) is 7.34. The van der Waals surface area contributed by atoms with Crippen LogP contribution in [0.1, 0.15) is 23.5 Å². The Kier molecular flexibility index (Phi) is 4.73. The van der Waals surface area contributed by atoms with Gasteiger partial charge in [-0.1, -0.05) is 0 Å². The summed E-state index contributed by atoms with van der Waals surface area (Å²) < 4.78 is 19.3. The Balaban J connectivity index is 1.36. The van der Waals surface area contributed by atoms with Crippen molar-refractivity contribution in [3.05, 3.63) is 48.4 Å². The Bertz CT molecular complexity index is 813. The third-order valence-corrected chi connectivity index (χ3v) is 5.55. The summed E-state index contributed by atoms with van der Waals surface area (Å²) in [5, 5.41) is 0. The molecule has 0 saturated carbocycles. The molecule has 2 aliphatic rings. The molecule has 0 aliphatic carbocycles. The lowest BCUT2D eigenvalue weighted by Gasteiger charge is -2.58. The minimum Gasteiger partial charge on any atom is -0.475 e. The SMILES string of the molecule is CN1CC[C@H](COc2ncccc2F)CC12CN(C(=O)c1ncccn1)C2. The summed E-state index contributed by atoms with van der Waals surface area (Å²) in [7, 11) is 2.09. The normalized spacial score (nSPS) is 21.7. The average molecular weight is 371 g/mol. The fourth-order valence-electron chi connectivity index (χ4n) is 3.95. The van der Waals surface area contributed by atoms with E-state index in [1.807, 2.05) is 0 Å². The predicted molar refractivity (Wildman–Crippen MR) is 95.7 cm³/mol. The minimum atomic E-state index is -0.441. The maximum atomic E-state index is 13.7. The van der Waals surface area contributed by atoms with Crippen molar-refractivity contribution in [3.8, 4) is 5.88 Å². The van der Waals surface area contributed by atoms with Gasteiger partial charge in [0.25, 0.3) is 5.91 Å². The second kappa shape index (κ2) is 7.19. The summed E-state index contributed by atoms with van der Waals surface area (Å²) >= 11 is 0. The first-order valence-corrected chi connectivity index (χ1v) is 9.08. The third-order valence-electron chi connectivity index (χ3n) is 5.55. The highest BCUT2D eigenvalue weighted by Gasteiger charge is 2.51. The number of likely N-dealkylation sites (N-methyl/N-ethyl adjacent to an activating group) is 1. The zero-order chi connectivity index (χ0) is 18.9. The molecule has 0 bridgehead atoms. The van der Waals surface area contributed by atoms with E-state index in [0.29, 0.717) is 25.6 Å². The summed E-state index contributed by atoms with van der Waals surface area (Å²) in [6, 6.07) is 4.58. The van der Waals surface area contributed by atoms with Crippen LogP contribution in [0.2, 0.25) is 0 Å². The topological polar surface area (TPSA) is 71.5 Å². The lowest BCUT2D eigenvalue weighted by atomic mass is 9.75. The van der Waals surface area contributed by atoms with Crippen molar-refractivity contribution >= 4 is 5.91 Å². The molecule has 7 nitrogen and oxygen atoms in total. The molecule has 1 atom stereocenters. The van der Waals surface area contributed by atoms with Crippen molar-refractivity contribution in [3.63, 3.8) is 0 Å². The molecule has 0 unspecified atom stereocenters. The van der Waals surface area contributed by atoms with E-state index in [9.17, 15) is 9.18 Å². The predicted octanol–water partition coefficient (Wildman–Crippen LogP) is 1.63.